The fraction of sp³-hybridized carbons (Fsp3) is 0.462. The minimum atomic E-state index is -0.226. The molecule has 106 valence electrons. The molecule has 1 amide bonds. The van der Waals surface area contributed by atoms with Crippen molar-refractivity contribution in [1.82, 2.24) is 30.3 Å². The Kier molecular flexibility index (Phi) is 4.39. The molecule has 0 unspecified atom stereocenters. The van der Waals surface area contributed by atoms with Gasteiger partial charge < -0.3 is 5.32 Å². The van der Waals surface area contributed by atoms with Crippen LogP contribution in [0.3, 0.4) is 0 Å². The van der Waals surface area contributed by atoms with E-state index >= 15 is 0 Å². The Bertz CT molecular complexity index is 549. The van der Waals surface area contributed by atoms with Crippen molar-refractivity contribution in [3.05, 3.63) is 36.2 Å². The SMILES string of the molecule is Cc1cnc(C(=O)N[C@H](Cn2ccnn2)C(C)C)cn1. The number of carbonyl (C=O) groups is 1. The molecule has 0 aliphatic carbocycles. The van der Waals surface area contributed by atoms with E-state index in [1.165, 1.54) is 6.20 Å². The van der Waals surface area contributed by atoms with Crippen LogP contribution in [-0.2, 0) is 6.54 Å². The van der Waals surface area contributed by atoms with Gasteiger partial charge in [0.1, 0.15) is 5.69 Å². The highest BCUT2D eigenvalue weighted by Crippen LogP contribution is 2.05. The van der Waals surface area contributed by atoms with Gasteiger partial charge in [-0.2, -0.15) is 0 Å². The maximum absolute atomic E-state index is 12.1. The molecule has 0 radical (unpaired) electrons. The van der Waals surface area contributed by atoms with Gasteiger partial charge in [0.2, 0.25) is 0 Å². The molecule has 0 saturated heterocycles. The summed E-state index contributed by atoms with van der Waals surface area (Å²) in [6.07, 6.45) is 6.45. The van der Waals surface area contributed by atoms with E-state index in [2.05, 4.69) is 25.6 Å². The summed E-state index contributed by atoms with van der Waals surface area (Å²) in [5, 5.41) is 10.6. The van der Waals surface area contributed by atoms with Gasteiger partial charge in [0, 0.05) is 12.4 Å². The summed E-state index contributed by atoms with van der Waals surface area (Å²) in [5.74, 6) is 0.0397. The number of nitrogens with zero attached hydrogens (tertiary/aromatic N) is 5. The molecule has 2 aromatic heterocycles. The summed E-state index contributed by atoms with van der Waals surface area (Å²) < 4.78 is 1.70. The summed E-state index contributed by atoms with van der Waals surface area (Å²) >= 11 is 0. The second-order valence-electron chi connectivity index (χ2n) is 4.99. The zero-order valence-electron chi connectivity index (χ0n) is 11.8. The summed E-state index contributed by atoms with van der Waals surface area (Å²) in [5.41, 5.74) is 1.10. The van der Waals surface area contributed by atoms with Gasteiger partial charge in [-0.1, -0.05) is 19.1 Å². The number of nitrogens with one attached hydrogen (secondary N) is 1. The minimum absolute atomic E-state index is 0.0488. The molecule has 2 rings (SSSR count). The maximum atomic E-state index is 12.1. The van der Waals surface area contributed by atoms with Gasteiger partial charge >= 0.3 is 0 Å². The van der Waals surface area contributed by atoms with E-state index in [4.69, 9.17) is 0 Å². The standard InChI is InChI=1S/C13H18N6O/c1-9(2)12(8-19-5-4-16-18-19)17-13(20)11-7-14-10(3)6-15-11/h4-7,9,12H,8H2,1-3H3,(H,17,20)/t12-/m1/s1. The molecule has 0 aromatic carbocycles. The third kappa shape index (κ3) is 3.59. The average molecular weight is 274 g/mol. The number of hydrogen-bond acceptors (Lipinski definition) is 5. The molecule has 1 atom stereocenters. The highest BCUT2D eigenvalue weighted by molar-refractivity contribution is 5.92. The molecule has 7 heteroatoms. The van der Waals surface area contributed by atoms with Crippen LogP contribution in [0.5, 0.6) is 0 Å². The molecule has 0 fully saturated rings. The maximum Gasteiger partial charge on any atom is 0.271 e. The van der Waals surface area contributed by atoms with Gasteiger partial charge in [0.05, 0.1) is 30.7 Å². The highest BCUT2D eigenvalue weighted by Gasteiger charge is 2.19. The highest BCUT2D eigenvalue weighted by atomic mass is 16.2. The van der Waals surface area contributed by atoms with E-state index in [-0.39, 0.29) is 17.9 Å². The van der Waals surface area contributed by atoms with Crippen LogP contribution in [0, 0.1) is 12.8 Å². The van der Waals surface area contributed by atoms with Crippen LogP contribution in [0.2, 0.25) is 0 Å². The van der Waals surface area contributed by atoms with E-state index in [0.717, 1.165) is 5.69 Å². The lowest BCUT2D eigenvalue weighted by Crippen LogP contribution is -2.42. The lowest BCUT2D eigenvalue weighted by atomic mass is 10.0. The van der Waals surface area contributed by atoms with Crippen LogP contribution >= 0.6 is 0 Å². The van der Waals surface area contributed by atoms with Crippen molar-refractivity contribution in [3.8, 4) is 0 Å². The molecule has 0 bridgehead atoms. The van der Waals surface area contributed by atoms with Crippen molar-refractivity contribution in [3.63, 3.8) is 0 Å². The third-order valence-electron chi connectivity index (χ3n) is 2.99. The van der Waals surface area contributed by atoms with Crippen molar-refractivity contribution < 1.29 is 4.79 Å². The fourth-order valence-electron chi connectivity index (χ4n) is 1.71. The van der Waals surface area contributed by atoms with Crippen LogP contribution in [0.15, 0.2) is 24.8 Å². The molecule has 0 saturated carbocycles. The Morgan fingerprint density at radius 3 is 2.70 bits per heavy atom. The van der Waals surface area contributed by atoms with Crippen LogP contribution in [-0.4, -0.2) is 36.9 Å². The van der Waals surface area contributed by atoms with Gasteiger partial charge in [0.25, 0.3) is 5.91 Å². The number of rotatable bonds is 5. The molecule has 0 aliphatic heterocycles. The number of carbonyl (C=O) groups excluding carboxylic acids is 1. The van der Waals surface area contributed by atoms with E-state index in [0.29, 0.717) is 12.2 Å². The van der Waals surface area contributed by atoms with Crippen LogP contribution < -0.4 is 5.32 Å². The number of amides is 1. The first kappa shape index (κ1) is 14.1. The molecule has 2 aromatic rings. The van der Waals surface area contributed by atoms with Crippen molar-refractivity contribution in [2.45, 2.75) is 33.4 Å². The van der Waals surface area contributed by atoms with E-state index < -0.39 is 0 Å². The smallest absolute Gasteiger partial charge is 0.271 e. The monoisotopic (exact) mass is 274 g/mol. The second kappa shape index (κ2) is 6.23. The van der Waals surface area contributed by atoms with Crippen molar-refractivity contribution >= 4 is 5.91 Å². The average Bonchev–Trinajstić information content (AvgIpc) is 2.91. The van der Waals surface area contributed by atoms with Gasteiger partial charge in [-0.3, -0.25) is 14.5 Å². The molecule has 1 N–H and O–H groups in total. The Labute approximate surface area is 117 Å². The van der Waals surface area contributed by atoms with Gasteiger partial charge in [0.15, 0.2) is 0 Å². The van der Waals surface area contributed by atoms with Gasteiger partial charge in [-0.25, -0.2) is 4.98 Å². The third-order valence-corrected chi connectivity index (χ3v) is 2.99. The number of hydrogen-bond donors (Lipinski definition) is 1. The topological polar surface area (TPSA) is 85.6 Å². The van der Waals surface area contributed by atoms with Crippen LogP contribution in [0.4, 0.5) is 0 Å². The molecule has 0 spiro atoms. The summed E-state index contributed by atoms with van der Waals surface area (Å²) in [7, 11) is 0. The Morgan fingerprint density at radius 2 is 2.15 bits per heavy atom. The largest absolute Gasteiger partial charge is 0.346 e. The van der Waals surface area contributed by atoms with Gasteiger partial charge in [-0.05, 0) is 12.8 Å². The lowest BCUT2D eigenvalue weighted by Gasteiger charge is -2.21. The zero-order valence-corrected chi connectivity index (χ0v) is 11.8. The normalized spacial score (nSPS) is 12.4. The van der Waals surface area contributed by atoms with E-state index in [1.54, 1.807) is 23.3 Å². The predicted molar refractivity (Wildman–Crippen MR) is 72.9 cm³/mol. The minimum Gasteiger partial charge on any atom is -0.346 e. The first-order valence-electron chi connectivity index (χ1n) is 6.50. The first-order chi connectivity index (χ1) is 9.56. The van der Waals surface area contributed by atoms with Gasteiger partial charge in [-0.15, -0.1) is 5.10 Å². The zero-order chi connectivity index (χ0) is 14.5. The Morgan fingerprint density at radius 1 is 1.35 bits per heavy atom. The molecule has 2 heterocycles. The molecular weight excluding hydrogens is 256 g/mol. The fourth-order valence-corrected chi connectivity index (χ4v) is 1.71. The lowest BCUT2D eigenvalue weighted by molar-refractivity contribution is 0.0913. The second-order valence-corrected chi connectivity index (χ2v) is 4.99. The summed E-state index contributed by atoms with van der Waals surface area (Å²) in [6, 6.07) is -0.0488. The van der Waals surface area contributed by atoms with E-state index in [1.807, 2.05) is 20.8 Å². The van der Waals surface area contributed by atoms with E-state index in [9.17, 15) is 4.79 Å². The molecule has 7 nitrogen and oxygen atoms in total. The van der Waals surface area contributed by atoms with Crippen LogP contribution in [0.1, 0.15) is 30.0 Å². The molecule has 20 heavy (non-hydrogen) atoms. The summed E-state index contributed by atoms with van der Waals surface area (Å²) in [4.78, 5) is 20.3. The number of aromatic nitrogens is 5. The van der Waals surface area contributed by atoms with Crippen molar-refractivity contribution in [2.24, 2.45) is 5.92 Å². The quantitative estimate of drug-likeness (QED) is 0.873. The first-order valence-corrected chi connectivity index (χ1v) is 6.50. The summed E-state index contributed by atoms with van der Waals surface area (Å²) in [6.45, 7) is 6.49. The predicted octanol–water partition coefficient (Wildman–Crippen LogP) is 0.831. The molecular formula is C13H18N6O. The van der Waals surface area contributed by atoms with Crippen molar-refractivity contribution in [2.75, 3.05) is 0 Å². The van der Waals surface area contributed by atoms with Crippen molar-refractivity contribution in [1.29, 1.82) is 0 Å². The van der Waals surface area contributed by atoms with Crippen LogP contribution in [0.25, 0.3) is 0 Å². The Hall–Kier alpha value is -2.31. The number of aryl methyl sites for hydroxylation is 1. The Balaban J connectivity index is 2.04. The molecule has 0 aliphatic rings.